The van der Waals surface area contributed by atoms with Crippen molar-refractivity contribution in [3.63, 3.8) is 0 Å². The topological polar surface area (TPSA) is 34.6 Å². The van der Waals surface area contributed by atoms with E-state index in [9.17, 15) is 17.3 Å². The summed E-state index contributed by atoms with van der Waals surface area (Å²) >= 11 is 0. The van der Waals surface area contributed by atoms with Crippen LogP contribution in [-0.2, 0) is 6.54 Å². The molecule has 0 radical (unpaired) electrons. The van der Waals surface area contributed by atoms with E-state index < -0.39 is 7.25 Å². The van der Waals surface area contributed by atoms with Gasteiger partial charge in [0.15, 0.2) is 5.21 Å². The lowest BCUT2D eigenvalue weighted by Gasteiger charge is -1.94. The van der Waals surface area contributed by atoms with Crippen LogP contribution in [0.15, 0.2) is 30.6 Å². The highest BCUT2D eigenvalue weighted by molar-refractivity contribution is 6.50. The monoisotopic (exact) mass is 276 g/mol. The summed E-state index contributed by atoms with van der Waals surface area (Å²) < 4.78 is 42.6. The largest absolute Gasteiger partial charge is 0.673 e. The van der Waals surface area contributed by atoms with Gasteiger partial charge < -0.3 is 17.3 Å². The Morgan fingerprint density at radius 3 is 2.11 bits per heavy atom. The van der Waals surface area contributed by atoms with Crippen molar-refractivity contribution in [3.05, 3.63) is 36.2 Å². The number of nitrogens with zero attached hydrogens (tertiary/aromatic N) is 4. The maximum absolute atomic E-state index is 9.75. The van der Waals surface area contributed by atoms with E-state index in [1.165, 1.54) is 5.56 Å². The van der Waals surface area contributed by atoms with E-state index >= 15 is 0 Å². The Bertz CT molecular complexity index is 503. The average molecular weight is 276 g/mol. The molecule has 0 amide bonds. The first-order valence-corrected chi connectivity index (χ1v) is 5.56. The molecule has 9 heteroatoms. The molecule has 0 fully saturated rings. The van der Waals surface area contributed by atoms with Crippen molar-refractivity contribution in [2.75, 3.05) is 0 Å². The quantitative estimate of drug-likeness (QED) is 0.478. The number of tetrazole rings is 1. The van der Waals surface area contributed by atoms with E-state index in [-0.39, 0.29) is 0 Å². The van der Waals surface area contributed by atoms with Gasteiger partial charge in [-0.15, -0.1) is 4.68 Å². The molecule has 1 aromatic heterocycles. The Morgan fingerprint density at radius 2 is 1.68 bits per heavy atom. The molecule has 1 aromatic carbocycles. The normalized spacial score (nSPS) is 10.8. The summed E-state index contributed by atoms with van der Waals surface area (Å²) in [5, 5.41) is 7.98. The van der Waals surface area contributed by atoms with Crippen LogP contribution < -0.4 is 4.68 Å². The van der Waals surface area contributed by atoms with E-state index in [0.717, 1.165) is 12.2 Å². The summed E-state index contributed by atoms with van der Waals surface area (Å²) in [7, 11) is -6.00. The van der Waals surface area contributed by atoms with Gasteiger partial charge in [0.2, 0.25) is 6.33 Å². The van der Waals surface area contributed by atoms with E-state index in [1.54, 1.807) is 9.36 Å². The van der Waals surface area contributed by atoms with Crippen molar-refractivity contribution in [2.45, 2.75) is 20.4 Å². The SMILES string of the molecule is CC[n+]1cn(-c2ccc(C)cc2)nn1.F[B-](F)(F)F. The third-order valence-electron chi connectivity index (χ3n) is 2.12. The molecule has 104 valence electrons. The molecule has 0 aliphatic rings. The van der Waals surface area contributed by atoms with Crippen molar-refractivity contribution in [1.82, 2.24) is 15.1 Å². The smallest absolute Gasteiger partial charge is 0.418 e. The van der Waals surface area contributed by atoms with Crippen molar-refractivity contribution in [3.8, 4) is 5.69 Å². The van der Waals surface area contributed by atoms with Crippen LogP contribution in [0.2, 0.25) is 0 Å². The number of hydrogen-bond acceptors (Lipinski definition) is 2. The molecule has 0 saturated carbocycles. The highest BCUT2D eigenvalue weighted by Crippen LogP contribution is 2.06. The molecule has 0 aliphatic heterocycles. The van der Waals surface area contributed by atoms with Gasteiger partial charge in [0.25, 0.3) is 0 Å². The minimum absolute atomic E-state index is 0.839. The first-order valence-electron chi connectivity index (χ1n) is 5.56. The number of halogens is 4. The van der Waals surface area contributed by atoms with Gasteiger partial charge in [0.1, 0.15) is 10.9 Å². The number of rotatable bonds is 2. The third-order valence-corrected chi connectivity index (χ3v) is 2.12. The summed E-state index contributed by atoms with van der Waals surface area (Å²) in [6, 6.07) is 8.19. The zero-order valence-corrected chi connectivity index (χ0v) is 10.5. The van der Waals surface area contributed by atoms with E-state index in [4.69, 9.17) is 0 Å². The summed E-state index contributed by atoms with van der Waals surface area (Å²) in [5.41, 5.74) is 2.28. The van der Waals surface area contributed by atoms with Crippen LogP contribution in [0.1, 0.15) is 12.5 Å². The van der Waals surface area contributed by atoms with Gasteiger partial charge >= 0.3 is 7.25 Å². The van der Waals surface area contributed by atoms with E-state index in [2.05, 4.69) is 29.5 Å². The highest BCUT2D eigenvalue weighted by atomic mass is 19.5. The van der Waals surface area contributed by atoms with Crippen LogP contribution >= 0.6 is 0 Å². The molecular weight excluding hydrogens is 263 g/mol. The zero-order chi connectivity index (χ0) is 14.5. The maximum Gasteiger partial charge on any atom is 0.673 e. The average Bonchev–Trinajstić information content (AvgIpc) is 2.76. The molecular formula is C10H13BF4N4. The fraction of sp³-hybridized carbons (Fsp3) is 0.300. The van der Waals surface area contributed by atoms with Gasteiger partial charge in [-0.05, 0) is 26.0 Å². The fourth-order valence-electron chi connectivity index (χ4n) is 1.23. The number of aromatic nitrogens is 4. The lowest BCUT2D eigenvalue weighted by atomic mass is 10.2. The van der Waals surface area contributed by atoms with Gasteiger partial charge in [-0.2, -0.15) is 0 Å². The third kappa shape index (κ3) is 5.98. The van der Waals surface area contributed by atoms with Gasteiger partial charge in [-0.3, -0.25) is 0 Å². The molecule has 0 N–H and O–H groups in total. The zero-order valence-electron chi connectivity index (χ0n) is 10.5. The standard InChI is InChI=1S/C10H13N4.BF4/c1-3-13-8-14(12-11-13)10-6-4-9(2)5-7-10;2-1(3,4)5/h4-8H,3H2,1-2H3;/q+1;-1. The highest BCUT2D eigenvalue weighted by Gasteiger charge is 2.20. The van der Waals surface area contributed by atoms with Crippen LogP contribution in [0.25, 0.3) is 5.69 Å². The number of aryl methyl sites for hydroxylation is 2. The Morgan fingerprint density at radius 1 is 1.16 bits per heavy atom. The molecule has 0 atom stereocenters. The van der Waals surface area contributed by atoms with Crippen LogP contribution in [0, 0.1) is 6.92 Å². The molecule has 0 saturated heterocycles. The van der Waals surface area contributed by atoms with Gasteiger partial charge in [0, 0.05) is 0 Å². The summed E-state index contributed by atoms with van der Waals surface area (Å²) in [6.07, 6.45) is 1.88. The second kappa shape index (κ2) is 6.30. The van der Waals surface area contributed by atoms with Crippen molar-refractivity contribution in [1.29, 1.82) is 0 Å². The van der Waals surface area contributed by atoms with E-state index in [1.807, 2.05) is 25.4 Å². The van der Waals surface area contributed by atoms with Crippen LogP contribution in [0.4, 0.5) is 17.3 Å². The predicted octanol–water partition coefficient (Wildman–Crippen LogP) is 2.18. The molecule has 4 nitrogen and oxygen atoms in total. The van der Waals surface area contributed by atoms with Crippen molar-refractivity contribution in [2.24, 2.45) is 0 Å². The Labute approximate surface area is 107 Å². The molecule has 19 heavy (non-hydrogen) atoms. The molecule has 2 aromatic rings. The number of hydrogen-bond donors (Lipinski definition) is 0. The first kappa shape index (κ1) is 15.1. The van der Waals surface area contributed by atoms with Crippen LogP contribution in [-0.4, -0.2) is 22.4 Å². The molecule has 0 unspecified atom stereocenters. The predicted molar refractivity (Wildman–Crippen MR) is 62.2 cm³/mol. The fourth-order valence-corrected chi connectivity index (χ4v) is 1.23. The van der Waals surface area contributed by atoms with Crippen LogP contribution in [0.3, 0.4) is 0 Å². The molecule has 0 bridgehead atoms. The van der Waals surface area contributed by atoms with Gasteiger partial charge in [-0.1, -0.05) is 22.4 Å². The van der Waals surface area contributed by atoms with Crippen LogP contribution in [0.5, 0.6) is 0 Å². The molecule has 0 spiro atoms. The Hall–Kier alpha value is -1.93. The summed E-state index contributed by atoms with van der Waals surface area (Å²) in [5.74, 6) is 0. The summed E-state index contributed by atoms with van der Waals surface area (Å²) in [4.78, 5) is 0. The second-order valence-electron chi connectivity index (χ2n) is 3.73. The molecule has 0 aliphatic carbocycles. The first-order chi connectivity index (χ1) is 8.79. The molecule has 1 heterocycles. The van der Waals surface area contributed by atoms with Gasteiger partial charge in [-0.25, -0.2) is 0 Å². The lowest BCUT2D eigenvalue weighted by Crippen LogP contribution is -2.33. The minimum Gasteiger partial charge on any atom is -0.418 e. The lowest BCUT2D eigenvalue weighted by molar-refractivity contribution is -0.751. The second-order valence-corrected chi connectivity index (χ2v) is 3.73. The van der Waals surface area contributed by atoms with E-state index in [0.29, 0.717) is 0 Å². The van der Waals surface area contributed by atoms with Crippen molar-refractivity contribution >= 4 is 7.25 Å². The Kier molecular flexibility index (Phi) is 5.02. The molecule has 2 rings (SSSR count). The maximum atomic E-state index is 9.75. The number of benzene rings is 1. The van der Waals surface area contributed by atoms with Gasteiger partial charge in [0.05, 0.1) is 6.54 Å². The van der Waals surface area contributed by atoms with Crippen molar-refractivity contribution < 1.29 is 21.9 Å². The summed E-state index contributed by atoms with van der Waals surface area (Å²) in [6.45, 7) is 4.94. The minimum atomic E-state index is -6.00. The Balaban J connectivity index is 0.000000312.